The number of alkyl halides is 3. The number of fused-ring (bicyclic) bond motifs is 2. The van der Waals surface area contributed by atoms with Crippen LogP contribution in [0.3, 0.4) is 0 Å². The number of benzene rings is 1. The van der Waals surface area contributed by atoms with E-state index in [4.69, 9.17) is 4.74 Å². The fourth-order valence-electron chi connectivity index (χ4n) is 3.95. The number of pyridine rings is 1. The highest BCUT2D eigenvalue weighted by atomic mass is 19.4. The summed E-state index contributed by atoms with van der Waals surface area (Å²) < 4.78 is 45.6. The molecule has 34 heavy (non-hydrogen) atoms. The van der Waals surface area contributed by atoms with Gasteiger partial charge < -0.3 is 19.3 Å². The van der Waals surface area contributed by atoms with E-state index < -0.39 is 18.2 Å². The fraction of sp³-hybridized carbons (Fsp3) is 0.286. The Morgan fingerprint density at radius 3 is 2.76 bits per heavy atom. The Morgan fingerprint density at radius 2 is 2.03 bits per heavy atom. The highest BCUT2D eigenvalue weighted by Crippen LogP contribution is 2.31. The highest BCUT2D eigenvalue weighted by Gasteiger charge is 2.38. The molecule has 0 radical (unpaired) electrons. The third-order valence-corrected chi connectivity index (χ3v) is 5.54. The molecular formula is C21H17F3N6O4. The number of likely N-dealkylation sites (tertiary alicyclic amines) is 1. The van der Waals surface area contributed by atoms with Crippen LogP contribution in [-0.2, 0) is 11.3 Å². The number of rotatable bonds is 4. The van der Waals surface area contributed by atoms with E-state index in [-0.39, 0.29) is 24.1 Å². The lowest BCUT2D eigenvalue weighted by molar-refractivity contribution is -0.274. The average Bonchev–Trinajstić information content (AvgIpc) is 3.51. The van der Waals surface area contributed by atoms with Crippen molar-refractivity contribution in [1.29, 1.82) is 0 Å². The minimum Gasteiger partial charge on any atom is -0.443 e. The van der Waals surface area contributed by atoms with Crippen LogP contribution in [0.1, 0.15) is 16.1 Å². The summed E-state index contributed by atoms with van der Waals surface area (Å²) in [6, 6.07) is 7.51. The second-order valence-electron chi connectivity index (χ2n) is 7.87. The molecule has 1 fully saturated rings. The van der Waals surface area contributed by atoms with Crippen LogP contribution in [-0.4, -0.2) is 68.2 Å². The molecule has 4 heterocycles. The van der Waals surface area contributed by atoms with Crippen molar-refractivity contribution in [2.75, 3.05) is 19.6 Å². The molecule has 2 amide bonds. The first kappa shape index (κ1) is 21.7. The molecule has 2 aliphatic rings. The Balaban J connectivity index is 1.15. The summed E-state index contributed by atoms with van der Waals surface area (Å²) in [5.74, 6) is -0.615. The molecule has 5 rings (SSSR count). The summed E-state index contributed by atoms with van der Waals surface area (Å²) in [6.07, 6.45) is -2.70. The molecule has 0 spiro atoms. The van der Waals surface area contributed by atoms with Gasteiger partial charge >= 0.3 is 12.5 Å². The number of halogens is 3. The fourth-order valence-corrected chi connectivity index (χ4v) is 3.95. The van der Waals surface area contributed by atoms with E-state index in [2.05, 4.69) is 25.1 Å². The van der Waals surface area contributed by atoms with Crippen molar-refractivity contribution in [2.45, 2.75) is 13.0 Å². The van der Waals surface area contributed by atoms with Gasteiger partial charge in [0, 0.05) is 37.3 Å². The highest BCUT2D eigenvalue weighted by molar-refractivity contribution is 5.98. The van der Waals surface area contributed by atoms with Gasteiger partial charge in [0.2, 0.25) is 0 Å². The molecule has 2 aromatic heterocycles. The molecule has 0 bridgehead atoms. The number of carbonyl (C=O) groups is 2. The molecule has 1 saturated heterocycles. The Morgan fingerprint density at radius 1 is 1.18 bits per heavy atom. The number of nitrogens with zero attached hydrogens (tertiary/aromatic N) is 5. The lowest BCUT2D eigenvalue weighted by Gasteiger charge is -2.19. The van der Waals surface area contributed by atoms with Gasteiger partial charge in [0.05, 0.1) is 17.4 Å². The Hall–Kier alpha value is -4.16. The van der Waals surface area contributed by atoms with Crippen molar-refractivity contribution >= 4 is 23.0 Å². The van der Waals surface area contributed by atoms with Crippen molar-refractivity contribution in [3.63, 3.8) is 0 Å². The van der Waals surface area contributed by atoms with Crippen LogP contribution in [0.15, 0.2) is 48.3 Å². The second kappa shape index (κ2) is 8.32. The van der Waals surface area contributed by atoms with Crippen molar-refractivity contribution in [3.05, 3.63) is 59.6 Å². The third-order valence-electron chi connectivity index (χ3n) is 5.54. The lowest BCUT2D eigenvalue weighted by atomic mass is 10.1. The van der Waals surface area contributed by atoms with Gasteiger partial charge in [0.15, 0.2) is 0 Å². The molecule has 1 aromatic carbocycles. The minimum absolute atomic E-state index is 0.00390. The monoisotopic (exact) mass is 474 g/mol. The maximum absolute atomic E-state index is 12.9. The zero-order valence-corrected chi connectivity index (χ0v) is 17.5. The predicted molar refractivity (Wildman–Crippen MR) is 109 cm³/mol. The molecule has 0 saturated carbocycles. The van der Waals surface area contributed by atoms with Crippen LogP contribution in [0.4, 0.5) is 18.0 Å². The average molecular weight is 474 g/mol. The van der Waals surface area contributed by atoms with Crippen LogP contribution in [0.25, 0.3) is 11.0 Å². The summed E-state index contributed by atoms with van der Waals surface area (Å²) in [5.41, 5.74) is 3.06. The number of aromatic amines is 1. The number of hydrogen-bond acceptors (Lipinski definition) is 7. The summed E-state index contributed by atoms with van der Waals surface area (Å²) in [7, 11) is 0. The van der Waals surface area contributed by atoms with Gasteiger partial charge in [-0.2, -0.15) is 0 Å². The molecule has 3 aromatic rings. The number of amides is 2. The largest absolute Gasteiger partial charge is 0.573 e. The van der Waals surface area contributed by atoms with E-state index in [9.17, 15) is 22.8 Å². The number of hydrogen-bond donors (Lipinski definition) is 1. The topological polar surface area (TPSA) is 114 Å². The Bertz CT molecular complexity index is 1270. The van der Waals surface area contributed by atoms with Gasteiger partial charge in [-0.15, -0.1) is 18.3 Å². The maximum Gasteiger partial charge on any atom is 0.573 e. The SMILES string of the molecule is O=C(c1ccc2[nH]nnc2c1)N1C=C2CN(C(=O)OCc3ccc(OC(F)(F)F)cn3)C[C@@H]2C1. The van der Waals surface area contributed by atoms with Crippen molar-refractivity contribution in [1.82, 2.24) is 30.2 Å². The second-order valence-corrected chi connectivity index (χ2v) is 7.87. The summed E-state index contributed by atoms with van der Waals surface area (Å²) >= 11 is 0. The van der Waals surface area contributed by atoms with Crippen molar-refractivity contribution in [2.24, 2.45) is 5.92 Å². The van der Waals surface area contributed by atoms with E-state index in [0.29, 0.717) is 30.7 Å². The van der Waals surface area contributed by atoms with E-state index in [0.717, 1.165) is 23.4 Å². The molecule has 0 aliphatic carbocycles. The van der Waals surface area contributed by atoms with E-state index in [1.165, 1.54) is 11.0 Å². The van der Waals surface area contributed by atoms with Crippen LogP contribution >= 0.6 is 0 Å². The Kier molecular flexibility index (Phi) is 5.30. The number of carbonyl (C=O) groups excluding carboxylic acids is 2. The van der Waals surface area contributed by atoms with Gasteiger partial charge in [-0.25, -0.2) is 4.79 Å². The molecular weight excluding hydrogens is 457 g/mol. The quantitative estimate of drug-likeness (QED) is 0.619. The molecule has 2 aliphatic heterocycles. The third kappa shape index (κ3) is 4.49. The Labute approximate surface area is 189 Å². The summed E-state index contributed by atoms with van der Waals surface area (Å²) in [5, 5.41) is 10.4. The molecule has 13 heteroatoms. The van der Waals surface area contributed by atoms with E-state index in [1.807, 2.05) is 0 Å². The van der Waals surface area contributed by atoms with Gasteiger partial charge in [-0.05, 0) is 35.9 Å². The maximum atomic E-state index is 12.9. The predicted octanol–water partition coefficient (Wildman–Crippen LogP) is 2.86. The first-order chi connectivity index (χ1) is 16.2. The zero-order chi connectivity index (χ0) is 23.9. The first-order valence-electron chi connectivity index (χ1n) is 10.2. The summed E-state index contributed by atoms with van der Waals surface area (Å²) in [4.78, 5) is 32.2. The van der Waals surface area contributed by atoms with Gasteiger partial charge in [0.25, 0.3) is 5.91 Å². The number of H-pyrrole nitrogens is 1. The molecule has 0 unspecified atom stereocenters. The van der Waals surface area contributed by atoms with Crippen LogP contribution in [0.2, 0.25) is 0 Å². The summed E-state index contributed by atoms with van der Waals surface area (Å²) in [6.45, 7) is 0.960. The van der Waals surface area contributed by atoms with Gasteiger partial charge in [0.1, 0.15) is 17.9 Å². The molecule has 10 nitrogen and oxygen atoms in total. The normalized spacial score (nSPS) is 17.6. The van der Waals surface area contributed by atoms with Crippen LogP contribution < -0.4 is 4.74 Å². The molecule has 1 atom stereocenters. The zero-order valence-electron chi connectivity index (χ0n) is 17.5. The number of nitrogens with one attached hydrogen (secondary N) is 1. The van der Waals surface area contributed by atoms with Crippen molar-refractivity contribution < 1.29 is 32.2 Å². The van der Waals surface area contributed by atoms with E-state index >= 15 is 0 Å². The van der Waals surface area contributed by atoms with Crippen LogP contribution in [0, 0.1) is 5.92 Å². The van der Waals surface area contributed by atoms with Gasteiger partial charge in [-0.1, -0.05) is 5.21 Å². The molecule has 1 N–H and O–H groups in total. The van der Waals surface area contributed by atoms with Crippen molar-refractivity contribution in [3.8, 4) is 5.75 Å². The van der Waals surface area contributed by atoms with Gasteiger partial charge in [-0.3, -0.25) is 14.9 Å². The smallest absolute Gasteiger partial charge is 0.443 e. The first-order valence-corrected chi connectivity index (χ1v) is 10.2. The van der Waals surface area contributed by atoms with E-state index in [1.54, 1.807) is 29.3 Å². The minimum atomic E-state index is -4.80. The standard InChI is InChI=1S/C21H17F3N6O4/c22-21(23,24)34-16-3-2-15(25-6-16)11-33-20(32)30-9-13-7-29(8-14(13)10-30)19(31)12-1-4-17-18(5-12)27-28-26-17/h1-7,14H,8-11H2,(H,26,27,28)/t14-/m0/s1. The number of aromatic nitrogens is 4. The number of ether oxygens (including phenoxy) is 2. The lowest BCUT2D eigenvalue weighted by Crippen LogP contribution is -2.33. The molecule has 176 valence electrons. The van der Waals surface area contributed by atoms with Crippen LogP contribution in [0.5, 0.6) is 5.75 Å².